The molecule has 0 bridgehead atoms. The molecule has 0 amide bonds. The van der Waals surface area contributed by atoms with Crippen molar-refractivity contribution in [1.29, 1.82) is 0 Å². The second kappa shape index (κ2) is 11.5. The quantitative estimate of drug-likeness (QED) is 0.302. The van der Waals surface area contributed by atoms with E-state index in [0.717, 1.165) is 12.4 Å². The van der Waals surface area contributed by atoms with E-state index in [1.807, 2.05) is 6.07 Å². The zero-order valence-electron chi connectivity index (χ0n) is 21.4. The monoisotopic (exact) mass is 541 g/mol. The van der Waals surface area contributed by atoms with Crippen LogP contribution in [-0.2, 0) is 22.0 Å². The van der Waals surface area contributed by atoms with E-state index in [1.54, 1.807) is 48.9 Å². The van der Waals surface area contributed by atoms with Crippen LogP contribution < -0.4 is 14.8 Å². The second-order valence-electron chi connectivity index (χ2n) is 8.63. The maximum Gasteiger partial charge on any atom is 0.187 e. The molecule has 3 heterocycles. The number of benzene rings is 1. The van der Waals surface area contributed by atoms with Gasteiger partial charge >= 0.3 is 0 Å². The Morgan fingerprint density at radius 3 is 2.32 bits per heavy atom. The summed E-state index contributed by atoms with van der Waals surface area (Å²) in [6, 6.07) is 10.6. The van der Waals surface area contributed by atoms with Gasteiger partial charge in [0.2, 0.25) is 0 Å². The number of anilines is 1. The molecule has 0 saturated carbocycles. The molecule has 0 aliphatic rings. The lowest BCUT2D eigenvalue weighted by Gasteiger charge is -2.18. The van der Waals surface area contributed by atoms with E-state index >= 15 is 0 Å². The van der Waals surface area contributed by atoms with Gasteiger partial charge in [0.05, 0.1) is 32.4 Å². The zero-order valence-corrected chi connectivity index (χ0v) is 22.2. The van der Waals surface area contributed by atoms with Gasteiger partial charge in [0.15, 0.2) is 27.3 Å². The lowest BCUT2D eigenvalue weighted by Crippen LogP contribution is -2.20. The molecule has 0 aliphatic carbocycles. The fourth-order valence-corrected chi connectivity index (χ4v) is 5.75. The number of sulfone groups is 1. The average molecular weight is 542 g/mol. The molecule has 0 unspecified atom stereocenters. The lowest BCUT2D eigenvalue weighted by molar-refractivity contribution is 0.390. The van der Waals surface area contributed by atoms with E-state index in [-0.39, 0.29) is 23.9 Å². The second-order valence-corrected chi connectivity index (χ2v) is 10.7. The molecule has 38 heavy (non-hydrogen) atoms. The minimum absolute atomic E-state index is 0.160. The first kappa shape index (κ1) is 26.9. The number of rotatable bonds is 11. The Balaban J connectivity index is 1.74. The Kier molecular flexibility index (Phi) is 8.15. The summed E-state index contributed by atoms with van der Waals surface area (Å²) in [4.78, 5) is 12.4. The first-order chi connectivity index (χ1) is 18.2. The lowest BCUT2D eigenvalue weighted by atomic mass is 10.1. The molecule has 4 aromatic rings. The molecular formula is C25H28FN7O4S. The van der Waals surface area contributed by atoms with Crippen molar-refractivity contribution >= 4 is 15.7 Å². The number of ether oxygens (including phenoxy) is 2. The highest BCUT2D eigenvalue weighted by atomic mass is 32.2. The maximum absolute atomic E-state index is 13.3. The largest absolute Gasteiger partial charge is 0.494 e. The number of hydrogen-bond donors (Lipinski definition) is 1. The Morgan fingerprint density at radius 2 is 1.68 bits per heavy atom. The summed E-state index contributed by atoms with van der Waals surface area (Å²) < 4.78 is 52.6. The highest BCUT2D eigenvalue weighted by molar-refractivity contribution is 7.90. The topological polar surface area (TPSA) is 134 Å². The van der Waals surface area contributed by atoms with Gasteiger partial charge in [-0.25, -0.2) is 27.8 Å². The molecule has 3 aromatic heterocycles. The summed E-state index contributed by atoms with van der Waals surface area (Å²) in [5, 5.41) is 11.6. The number of methoxy groups -OCH3 is 2. The molecule has 1 aromatic carbocycles. The van der Waals surface area contributed by atoms with Crippen molar-refractivity contribution in [2.75, 3.05) is 32.3 Å². The number of para-hydroxylation sites is 1. The molecule has 0 radical (unpaired) electrons. The average Bonchev–Trinajstić information content (AvgIpc) is 3.31. The van der Waals surface area contributed by atoms with Crippen LogP contribution in [-0.4, -0.2) is 65.2 Å². The molecule has 200 valence electrons. The number of aromatic nitrogens is 6. The summed E-state index contributed by atoms with van der Waals surface area (Å²) in [7, 11) is 1.09. The van der Waals surface area contributed by atoms with Crippen molar-refractivity contribution in [3.8, 4) is 28.7 Å². The van der Waals surface area contributed by atoms with Crippen LogP contribution in [0.25, 0.3) is 17.2 Å². The number of hydrogen-bond acceptors (Lipinski definition) is 10. The molecule has 0 spiro atoms. The van der Waals surface area contributed by atoms with Crippen molar-refractivity contribution in [2.24, 2.45) is 5.92 Å². The molecule has 0 aliphatic heterocycles. The van der Waals surface area contributed by atoms with Crippen LogP contribution in [0, 0.1) is 11.7 Å². The molecule has 1 N–H and O–H groups in total. The van der Waals surface area contributed by atoms with Crippen LogP contribution in [0.3, 0.4) is 0 Å². The predicted octanol–water partition coefficient (Wildman–Crippen LogP) is 3.11. The summed E-state index contributed by atoms with van der Waals surface area (Å²) >= 11 is 0. The van der Waals surface area contributed by atoms with E-state index in [9.17, 15) is 12.8 Å². The highest BCUT2D eigenvalue weighted by Gasteiger charge is 2.27. The van der Waals surface area contributed by atoms with Gasteiger partial charge in [-0.05, 0) is 30.2 Å². The number of nitrogens with zero attached hydrogens (tertiary/aromatic N) is 6. The van der Waals surface area contributed by atoms with Gasteiger partial charge in [0, 0.05) is 13.5 Å². The van der Waals surface area contributed by atoms with Crippen LogP contribution in [0.5, 0.6) is 11.5 Å². The standard InChI is InChI=1S/C25H28FN7O4S/c1-16(11-22-28-12-17(26)13-29-22)14-38(34,35)15-23-31-32-25(18-7-5-10-21(27-2)30-18)33(23)24-19(36-3)8-6-9-20(24)37-4/h5-10,12-13,16H,11,14-15H2,1-4H3,(H,27,30)/t16-/m1/s1. The minimum Gasteiger partial charge on any atom is -0.494 e. The molecule has 0 saturated heterocycles. The number of nitrogens with one attached hydrogen (secondary N) is 1. The fraction of sp³-hybridized carbons (Fsp3) is 0.320. The van der Waals surface area contributed by atoms with Crippen LogP contribution in [0.2, 0.25) is 0 Å². The van der Waals surface area contributed by atoms with E-state index in [2.05, 4.69) is 30.5 Å². The molecular weight excluding hydrogens is 513 g/mol. The Hall–Kier alpha value is -4.13. The van der Waals surface area contributed by atoms with Gasteiger partial charge in [0.25, 0.3) is 0 Å². The first-order valence-corrected chi connectivity index (χ1v) is 13.5. The summed E-state index contributed by atoms with van der Waals surface area (Å²) in [6.45, 7) is 1.77. The molecule has 11 nitrogen and oxygen atoms in total. The van der Waals surface area contributed by atoms with E-state index < -0.39 is 21.4 Å². The Labute approximate surface area is 220 Å². The van der Waals surface area contributed by atoms with Gasteiger partial charge in [-0.15, -0.1) is 10.2 Å². The van der Waals surface area contributed by atoms with Gasteiger partial charge in [-0.1, -0.05) is 19.1 Å². The normalized spacial score (nSPS) is 12.2. The smallest absolute Gasteiger partial charge is 0.187 e. The first-order valence-electron chi connectivity index (χ1n) is 11.7. The van der Waals surface area contributed by atoms with Gasteiger partial charge < -0.3 is 14.8 Å². The van der Waals surface area contributed by atoms with Crippen molar-refractivity contribution in [2.45, 2.75) is 19.1 Å². The zero-order chi connectivity index (χ0) is 27.3. The van der Waals surface area contributed by atoms with Gasteiger partial charge in [-0.3, -0.25) is 4.57 Å². The molecule has 1 atom stereocenters. The van der Waals surface area contributed by atoms with Crippen molar-refractivity contribution in [3.05, 3.63) is 66.3 Å². The van der Waals surface area contributed by atoms with Crippen LogP contribution >= 0.6 is 0 Å². The van der Waals surface area contributed by atoms with Crippen LogP contribution in [0.1, 0.15) is 18.6 Å². The third-order valence-corrected chi connectivity index (χ3v) is 7.46. The number of halogens is 1. The van der Waals surface area contributed by atoms with Crippen molar-refractivity contribution < 1.29 is 22.3 Å². The number of pyridine rings is 1. The SMILES string of the molecule is CNc1cccc(-c2nnc(CS(=O)(=O)C[C@H](C)Cc3ncc(F)cn3)n2-c2c(OC)cccc2OC)n1. The van der Waals surface area contributed by atoms with E-state index in [1.165, 1.54) is 14.2 Å². The van der Waals surface area contributed by atoms with E-state index in [4.69, 9.17) is 9.47 Å². The Morgan fingerprint density at radius 1 is 1.03 bits per heavy atom. The summed E-state index contributed by atoms with van der Waals surface area (Å²) in [5.74, 6) is 0.915. The van der Waals surface area contributed by atoms with Gasteiger partial charge in [0.1, 0.15) is 40.3 Å². The molecule has 4 rings (SSSR count). The third-order valence-electron chi connectivity index (χ3n) is 5.68. The maximum atomic E-state index is 13.3. The highest BCUT2D eigenvalue weighted by Crippen LogP contribution is 2.36. The van der Waals surface area contributed by atoms with Gasteiger partial charge in [-0.2, -0.15) is 0 Å². The summed E-state index contributed by atoms with van der Waals surface area (Å²) in [6.07, 6.45) is 2.40. The van der Waals surface area contributed by atoms with E-state index in [0.29, 0.717) is 40.3 Å². The minimum atomic E-state index is -3.68. The van der Waals surface area contributed by atoms with Crippen LogP contribution in [0.15, 0.2) is 48.8 Å². The Bertz CT molecular complexity index is 1490. The summed E-state index contributed by atoms with van der Waals surface area (Å²) in [5.41, 5.74) is 0.926. The predicted molar refractivity (Wildman–Crippen MR) is 140 cm³/mol. The third kappa shape index (κ3) is 6.05. The van der Waals surface area contributed by atoms with Crippen LogP contribution in [0.4, 0.5) is 10.2 Å². The van der Waals surface area contributed by atoms with Crippen molar-refractivity contribution in [1.82, 2.24) is 29.7 Å². The fourth-order valence-electron chi connectivity index (χ4n) is 4.07. The molecule has 0 fully saturated rings. The molecule has 13 heteroatoms. The van der Waals surface area contributed by atoms with Crippen molar-refractivity contribution in [3.63, 3.8) is 0 Å².